The van der Waals surface area contributed by atoms with E-state index in [9.17, 15) is 4.39 Å². The maximum atomic E-state index is 12.5. The zero-order valence-corrected chi connectivity index (χ0v) is 8.50. The van der Waals surface area contributed by atoms with E-state index in [1.165, 1.54) is 18.2 Å². The third kappa shape index (κ3) is 2.28. The first-order valence-corrected chi connectivity index (χ1v) is 4.37. The molecule has 0 aliphatic carbocycles. The minimum atomic E-state index is -0.364. The Bertz CT molecular complexity index is 298. The first-order valence-electron chi connectivity index (χ1n) is 2.76. The van der Waals surface area contributed by atoms with E-state index in [1.54, 1.807) is 0 Å². The molecular weight excluding hydrogens is 253 g/mol. The van der Waals surface area contributed by atoms with E-state index in [2.05, 4.69) is 15.6 Å². The van der Waals surface area contributed by atoms with Crippen LogP contribution in [-0.4, -0.2) is 19.5 Å². The van der Waals surface area contributed by atoms with Gasteiger partial charge in [0, 0.05) is 0 Å². The number of hydrogen-bond acceptors (Lipinski definition) is 0. The Morgan fingerprint density at radius 3 is 2.55 bits per heavy atom. The van der Waals surface area contributed by atoms with Crippen molar-refractivity contribution in [1.82, 2.24) is 0 Å². The molecule has 0 atom stereocenters. The quantitative estimate of drug-likeness (QED) is 0.676. The van der Waals surface area contributed by atoms with E-state index in [-0.39, 0.29) is 5.82 Å². The third-order valence-electron chi connectivity index (χ3n) is 1.14. The Kier molecular flexibility index (Phi) is 3.08. The van der Waals surface area contributed by atoms with Gasteiger partial charge in [0.1, 0.15) is 0 Å². The van der Waals surface area contributed by atoms with Crippen molar-refractivity contribution in [2.75, 3.05) is 0 Å². The van der Waals surface area contributed by atoms with Crippen molar-refractivity contribution in [2.45, 2.75) is 0 Å². The molecule has 0 aliphatic rings. The Labute approximate surface area is 81.7 Å². The van der Waals surface area contributed by atoms with Gasteiger partial charge in [-0.3, -0.25) is 0 Å². The van der Waals surface area contributed by atoms with Crippen LogP contribution < -0.4 is 0 Å². The average molecular weight is 256 g/mol. The molecule has 0 unspecified atom stereocenters. The van der Waals surface area contributed by atoms with Gasteiger partial charge in [0.15, 0.2) is 0 Å². The monoisotopic (exact) mass is 256 g/mol. The second-order valence-electron chi connectivity index (χ2n) is 1.90. The fraction of sp³-hybridized carbons (Fsp3) is 0. The van der Waals surface area contributed by atoms with Crippen molar-refractivity contribution in [3.63, 3.8) is 0 Å². The summed E-state index contributed by atoms with van der Waals surface area (Å²) in [5, 5.41) is 0.314. The van der Waals surface area contributed by atoms with E-state index < -0.39 is 0 Å². The Balaban J connectivity index is 3.20. The van der Waals surface area contributed by atoms with E-state index in [0.29, 0.717) is 14.5 Å². The molecule has 0 fully saturated rings. The summed E-state index contributed by atoms with van der Waals surface area (Å²) in [6.07, 6.45) is 0. The van der Waals surface area contributed by atoms with Crippen molar-refractivity contribution < 1.29 is 4.39 Å². The predicted octanol–water partition coefficient (Wildman–Crippen LogP) is 2.36. The van der Waals surface area contributed by atoms with Gasteiger partial charge >= 0.3 is 81.6 Å². The van der Waals surface area contributed by atoms with Crippen LogP contribution in [0.5, 0.6) is 0 Å². The van der Waals surface area contributed by atoms with E-state index in [1.807, 2.05) is 0 Å². The van der Waals surface area contributed by atoms with Crippen molar-refractivity contribution >= 4 is 42.7 Å². The normalized spacial score (nSPS) is 9.73. The van der Waals surface area contributed by atoms with Crippen LogP contribution in [0, 0.1) is 5.82 Å². The zero-order chi connectivity index (χ0) is 8.43. The number of rotatable bonds is 1. The summed E-state index contributed by atoms with van der Waals surface area (Å²) < 4.78 is 12.9. The number of halogens is 3. The first-order chi connectivity index (χ1) is 5.11. The van der Waals surface area contributed by atoms with Gasteiger partial charge in [0.25, 0.3) is 0 Å². The van der Waals surface area contributed by atoms with Crippen LogP contribution in [0.25, 0.3) is 0 Å². The van der Waals surface area contributed by atoms with Crippen LogP contribution in [0.4, 0.5) is 4.39 Å². The molecule has 0 N–H and O–H groups in total. The van der Waals surface area contributed by atoms with Gasteiger partial charge in [-0.1, -0.05) is 0 Å². The van der Waals surface area contributed by atoms with Crippen molar-refractivity contribution in [2.24, 2.45) is 0 Å². The molecule has 0 nitrogen and oxygen atoms in total. The molecule has 1 aromatic carbocycles. The standard InChI is InChI=1S/C7H3Cl2FSe/c8-6-3-4(10)1-2-5(6)7(9)11/h1-3H. The molecule has 0 aliphatic heterocycles. The molecule has 0 amide bonds. The summed E-state index contributed by atoms with van der Waals surface area (Å²) in [7, 11) is 0. The van der Waals surface area contributed by atoms with Gasteiger partial charge in [-0.15, -0.1) is 0 Å². The summed E-state index contributed by atoms with van der Waals surface area (Å²) in [6.45, 7) is 0. The summed E-state index contributed by atoms with van der Waals surface area (Å²) in [4.78, 5) is 0. The SMILES string of the molecule is Fc1ccc(C(Cl)=[Se])c(Cl)c1. The molecule has 0 saturated heterocycles. The van der Waals surface area contributed by atoms with Gasteiger partial charge in [-0.05, 0) is 0 Å². The topological polar surface area (TPSA) is 0 Å². The van der Waals surface area contributed by atoms with Gasteiger partial charge in [-0.25, -0.2) is 0 Å². The molecule has 0 heterocycles. The van der Waals surface area contributed by atoms with Crippen LogP contribution in [-0.2, 0) is 0 Å². The number of benzene rings is 1. The van der Waals surface area contributed by atoms with Crippen LogP contribution in [0.15, 0.2) is 18.2 Å². The van der Waals surface area contributed by atoms with Crippen molar-refractivity contribution in [3.8, 4) is 0 Å². The van der Waals surface area contributed by atoms with Crippen LogP contribution >= 0.6 is 23.2 Å². The predicted molar refractivity (Wildman–Crippen MR) is 47.1 cm³/mol. The van der Waals surface area contributed by atoms with Crippen molar-refractivity contribution in [3.05, 3.63) is 34.6 Å². The van der Waals surface area contributed by atoms with Crippen molar-refractivity contribution in [1.29, 1.82) is 0 Å². The third-order valence-corrected chi connectivity index (χ3v) is 2.12. The summed E-state index contributed by atoms with van der Waals surface area (Å²) in [5.41, 5.74) is 0.620. The van der Waals surface area contributed by atoms with Gasteiger partial charge in [0.05, 0.1) is 0 Å². The van der Waals surface area contributed by atoms with E-state index >= 15 is 0 Å². The fourth-order valence-electron chi connectivity index (χ4n) is 0.649. The number of hydrogen-bond donors (Lipinski definition) is 0. The van der Waals surface area contributed by atoms with E-state index in [4.69, 9.17) is 23.2 Å². The fourth-order valence-corrected chi connectivity index (χ4v) is 1.62. The zero-order valence-electron chi connectivity index (χ0n) is 5.27. The van der Waals surface area contributed by atoms with Gasteiger partial charge in [0.2, 0.25) is 0 Å². The second-order valence-corrected chi connectivity index (χ2v) is 4.05. The van der Waals surface area contributed by atoms with Gasteiger partial charge in [-0.2, -0.15) is 0 Å². The van der Waals surface area contributed by atoms with Crippen LogP contribution in [0.1, 0.15) is 5.56 Å². The molecule has 1 aromatic rings. The Hall–Kier alpha value is 0.119. The Morgan fingerprint density at radius 1 is 1.45 bits per heavy atom. The molecular formula is C7H3Cl2FSe. The van der Waals surface area contributed by atoms with Gasteiger partial charge < -0.3 is 0 Å². The maximum absolute atomic E-state index is 12.5. The molecule has 1 rings (SSSR count). The molecule has 11 heavy (non-hydrogen) atoms. The average Bonchev–Trinajstić information content (AvgIpc) is 1.85. The second kappa shape index (κ2) is 3.68. The van der Waals surface area contributed by atoms with Crippen LogP contribution in [0.2, 0.25) is 5.02 Å². The molecule has 58 valence electrons. The van der Waals surface area contributed by atoms with E-state index in [0.717, 1.165) is 0 Å². The Morgan fingerprint density at radius 2 is 2.09 bits per heavy atom. The summed E-state index contributed by atoms with van der Waals surface area (Å²) >= 11 is 13.9. The molecule has 0 aromatic heterocycles. The molecule has 0 saturated carbocycles. The minimum absolute atomic E-state index is 0.314. The molecule has 0 bridgehead atoms. The summed E-state index contributed by atoms with van der Waals surface area (Å²) in [6, 6.07) is 4.05. The first kappa shape index (κ1) is 9.21. The summed E-state index contributed by atoms with van der Waals surface area (Å²) in [5.74, 6) is -0.364. The van der Waals surface area contributed by atoms with Crippen LogP contribution in [0.3, 0.4) is 0 Å². The molecule has 0 radical (unpaired) electrons. The molecule has 4 heteroatoms. The molecule has 0 spiro atoms.